The van der Waals surface area contributed by atoms with Crippen LogP contribution in [0, 0.1) is 11.8 Å². The molecule has 0 aromatic rings. The molecular formula is C23H40O4. The van der Waals surface area contributed by atoms with E-state index < -0.39 is 5.97 Å². The van der Waals surface area contributed by atoms with Crippen LogP contribution >= 0.6 is 0 Å². The molecule has 0 spiro atoms. The maximum Gasteiger partial charge on any atom is 0.330 e. The van der Waals surface area contributed by atoms with E-state index in [0.29, 0.717) is 12.0 Å². The van der Waals surface area contributed by atoms with E-state index in [1.165, 1.54) is 19.3 Å². The van der Waals surface area contributed by atoms with Crippen LogP contribution in [0.4, 0.5) is 0 Å². The summed E-state index contributed by atoms with van der Waals surface area (Å²) in [6.45, 7) is 5.72. The lowest BCUT2D eigenvalue weighted by atomic mass is 9.90. The molecule has 0 radical (unpaired) electrons. The number of carbonyl (C=O) groups is 3. The Balaban J connectivity index is 3.70. The monoisotopic (exact) mass is 380 g/mol. The first-order valence-electron chi connectivity index (χ1n) is 10.9. The minimum atomic E-state index is -0.896. The number of carboxylic acids is 1. The van der Waals surface area contributed by atoms with E-state index in [-0.39, 0.29) is 11.8 Å². The van der Waals surface area contributed by atoms with Gasteiger partial charge in [0, 0.05) is 17.4 Å². The standard InChI is InChI=1S/C23H40O4/c1-3-4-5-11-14-21(18-24)16-17-22(19-25)15-12-9-7-6-8-10-13-20(2)23(26)27/h18-19,21-22H,2-17H2,1H3,(H,26,27). The van der Waals surface area contributed by atoms with Crippen LogP contribution < -0.4 is 0 Å². The van der Waals surface area contributed by atoms with Crippen LogP contribution in [-0.4, -0.2) is 23.6 Å². The van der Waals surface area contributed by atoms with Gasteiger partial charge >= 0.3 is 5.97 Å². The zero-order chi connectivity index (χ0) is 20.3. The van der Waals surface area contributed by atoms with Crippen LogP contribution in [0.5, 0.6) is 0 Å². The molecule has 0 saturated heterocycles. The fourth-order valence-electron chi connectivity index (χ4n) is 3.38. The Labute approximate surface area is 165 Å². The highest BCUT2D eigenvalue weighted by molar-refractivity contribution is 5.85. The molecule has 4 heteroatoms. The lowest BCUT2D eigenvalue weighted by Gasteiger charge is -2.14. The van der Waals surface area contributed by atoms with E-state index in [0.717, 1.165) is 83.2 Å². The van der Waals surface area contributed by atoms with Gasteiger partial charge < -0.3 is 14.7 Å². The van der Waals surface area contributed by atoms with E-state index in [2.05, 4.69) is 13.5 Å². The van der Waals surface area contributed by atoms with Crippen molar-refractivity contribution >= 4 is 18.5 Å². The summed E-state index contributed by atoms with van der Waals surface area (Å²) in [7, 11) is 0. The summed E-state index contributed by atoms with van der Waals surface area (Å²) in [5.41, 5.74) is 0.294. The molecule has 156 valence electrons. The molecule has 0 rings (SSSR count). The van der Waals surface area contributed by atoms with Crippen molar-refractivity contribution in [3.8, 4) is 0 Å². The zero-order valence-corrected chi connectivity index (χ0v) is 17.3. The Kier molecular flexibility index (Phi) is 17.0. The second kappa shape index (κ2) is 17.9. The van der Waals surface area contributed by atoms with Gasteiger partial charge in [0.15, 0.2) is 0 Å². The second-order valence-electron chi connectivity index (χ2n) is 7.79. The Bertz CT molecular complexity index is 417. The fourth-order valence-corrected chi connectivity index (χ4v) is 3.38. The number of unbranched alkanes of at least 4 members (excludes halogenated alkanes) is 8. The van der Waals surface area contributed by atoms with Gasteiger partial charge in [-0.15, -0.1) is 0 Å². The van der Waals surface area contributed by atoms with Gasteiger partial charge in [-0.2, -0.15) is 0 Å². The molecule has 2 atom stereocenters. The highest BCUT2D eigenvalue weighted by Crippen LogP contribution is 2.21. The van der Waals surface area contributed by atoms with Crippen molar-refractivity contribution in [2.75, 3.05) is 0 Å². The Morgan fingerprint density at radius 1 is 0.778 bits per heavy atom. The first kappa shape index (κ1) is 25.6. The van der Waals surface area contributed by atoms with Gasteiger partial charge in [-0.05, 0) is 38.5 Å². The molecule has 0 bridgehead atoms. The van der Waals surface area contributed by atoms with Crippen molar-refractivity contribution in [2.45, 2.75) is 103 Å². The topological polar surface area (TPSA) is 71.4 Å². The molecule has 0 aromatic heterocycles. The van der Waals surface area contributed by atoms with E-state index >= 15 is 0 Å². The van der Waals surface area contributed by atoms with Crippen molar-refractivity contribution < 1.29 is 19.5 Å². The summed E-state index contributed by atoms with van der Waals surface area (Å²) >= 11 is 0. The molecule has 0 fully saturated rings. The second-order valence-corrected chi connectivity index (χ2v) is 7.79. The predicted octanol–water partition coefficient (Wildman–Crippen LogP) is 6.13. The maximum absolute atomic E-state index is 11.3. The Hall–Kier alpha value is -1.45. The Morgan fingerprint density at radius 3 is 1.67 bits per heavy atom. The van der Waals surface area contributed by atoms with Crippen molar-refractivity contribution in [3.05, 3.63) is 12.2 Å². The van der Waals surface area contributed by atoms with Crippen LogP contribution in [0.2, 0.25) is 0 Å². The Morgan fingerprint density at radius 2 is 1.22 bits per heavy atom. The molecule has 27 heavy (non-hydrogen) atoms. The summed E-state index contributed by atoms with van der Waals surface area (Å²) in [6, 6.07) is 0. The first-order valence-corrected chi connectivity index (χ1v) is 10.9. The number of aldehydes is 2. The van der Waals surface area contributed by atoms with Crippen molar-refractivity contribution in [1.82, 2.24) is 0 Å². The molecular weight excluding hydrogens is 340 g/mol. The van der Waals surface area contributed by atoms with Gasteiger partial charge in [0.25, 0.3) is 0 Å². The number of hydrogen-bond donors (Lipinski definition) is 1. The molecule has 0 aliphatic carbocycles. The molecule has 0 aromatic carbocycles. The fraction of sp³-hybridized carbons (Fsp3) is 0.783. The number of aliphatic carboxylic acids is 1. The van der Waals surface area contributed by atoms with Crippen molar-refractivity contribution in [3.63, 3.8) is 0 Å². The molecule has 4 nitrogen and oxygen atoms in total. The third-order valence-electron chi connectivity index (χ3n) is 5.33. The highest BCUT2D eigenvalue weighted by atomic mass is 16.4. The van der Waals surface area contributed by atoms with E-state index in [4.69, 9.17) is 5.11 Å². The lowest BCUT2D eigenvalue weighted by molar-refractivity contribution is -0.132. The lowest BCUT2D eigenvalue weighted by Crippen LogP contribution is -2.08. The van der Waals surface area contributed by atoms with Gasteiger partial charge in [0.05, 0.1) is 0 Å². The average molecular weight is 381 g/mol. The first-order chi connectivity index (χ1) is 13.0. The minimum absolute atomic E-state index is 0.0852. The quantitative estimate of drug-likeness (QED) is 0.157. The number of carboxylic acid groups (broad SMARTS) is 1. The van der Waals surface area contributed by atoms with Crippen LogP contribution in [0.3, 0.4) is 0 Å². The van der Waals surface area contributed by atoms with Gasteiger partial charge in [-0.1, -0.05) is 71.3 Å². The minimum Gasteiger partial charge on any atom is -0.478 e. The SMILES string of the molecule is C=C(CCCCCCCCC(C=O)CCC(C=O)CCCCCC)C(=O)O. The zero-order valence-electron chi connectivity index (χ0n) is 17.3. The summed E-state index contributed by atoms with van der Waals surface area (Å²) in [4.78, 5) is 33.1. The largest absolute Gasteiger partial charge is 0.478 e. The molecule has 0 aliphatic heterocycles. The van der Waals surface area contributed by atoms with E-state index in [1.807, 2.05) is 0 Å². The van der Waals surface area contributed by atoms with E-state index in [9.17, 15) is 14.4 Å². The molecule has 0 amide bonds. The molecule has 0 aliphatic rings. The molecule has 0 heterocycles. The van der Waals surface area contributed by atoms with Gasteiger partial charge in [-0.3, -0.25) is 0 Å². The van der Waals surface area contributed by atoms with Gasteiger partial charge in [0.1, 0.15) is 12.6 Å². The summed E-state index contributed by atoms with van der Waals surface area (Å²) in [5.74, 6) is -0.695. The normalized spacial score (nSPS) is 13.1. The van der Waals surface area contributed by atoms with Crippen LogP contribution in [0.25, 0.3) is 0 Å². The van der Waals surface area contributed by atoms with Gasteiger partial charge in [0.2, 0.25) is 0 Å². The molecule has 2 unspecified atom stereocenters. The third-order valence-corrected chi connectivity index (χ3v) is 5.33. The molecule has 1 N–H and O–H groups in total. The average Bonchev–Trinajstić information content (AvgIpc) is 2.67. The predicted molar refractivity (Wildman–Crippen MR) is 111 cm³/mol. The van der Waals surface area contributed by atoms with Crippen LogP contribution in [0.15, 0.2) is 12.2 Å². The van der Waals surface area contributed by atoms with E-state index in [1.54, 1.807) is 0 Å². The third kappa shape index (κ3) is 15.3. The molecule has 0 saturated carbocycles. The number of hydrogen-bond acceptors (Lipinski definition) is 3. The number of carbonyl (C=O) groups excluding carboxylic acids is 2. The van der Waals surface area contributed by atoms with Crippen LogP contribution in [0.1, 0.15) is 103 Å². The number of rotatable bonds is 20. The smallest absolute Gasteiger partial charge is 0.330 e. The summed E-state index contributed by atoms with van der Waals surface area (Å²) < 4.78 is 0. The highest BCUT2D eigenvalue weighted by Gasteiger charge is 2.12. The maximum atomic E-state index is 11.3. The van der Waals surface area contributed by atoms with Crippen molar-refractivity contribution in [2.24, 2.45) is 11.8 Å². The van der Waals surface area contributed by atoms with Crippen molar-refractivity contribution in [1.29, 1.82) is 0 Å². The van der Waals surface area contributed by atoms with Crippen LogP contribution in [-0.2, 0) is 14.4 Å². The summed E-state index contributed by atoms with van der Waals surface area (Å²) in [5, 5.41) is 8.74. The van der Waals surface area contributed by atoms with Gasteiger partial charge in [-0.25, -0.2) is 4.79 Å². The summed E-state index contributed by atoms with van der Waals surface area (Å²) in [6.07, 6.45) is 17.3.